The average Bonchev–Trinajstić information content (AvgIpc) is 2.84. The van der Waals surface area contributed by atoms with Gasteiger partial charge < -0.3 is 19.8 Å². The van der Waals surface area contributed by atoms with Crippen LogP contribution in [0.3, 0.4) is 0 Å². The third-order valence-corrected chi connectivity index (χ3v) is 2.02. The first-order valence-corrected chi connectivity index (χ1v) is 5.31. The molecule has 0 fully saturated rings. The zero-order valence-corrected chi connectivity index (χ0v) is 9.69. The van der Waals surface area contributed by atoms with Gasteiger partial charge in [-0.25, -0.2) is 0 Å². The highest BCUT2D eigenvalue weighted by Crippen LogP contribution is 1.97. The van der Waals surface area contributed by atoms with Gasteiger partial charge >= 0.3 is 11.8 Å². The SMILES string of the molecule is COCCCNC(=O)C(=O)NCc1ccco1. The highest BCUT2D eigenvalue weighted by molar-refractivity contribution is 6.35. The summed E-state index contributed by atoms with van der Waals surface area (Å²) in [5, 5.41) is 4.94. The van der Waals surface area contributed by atoms with Crippen LogP contribution in [0.4, 0.5) is 0 Å². The summed E-state index contributed by atoms with van der Waals surface area (Å²) < 4.78 is 9.83. The summed E-state index contributed by atoms with van der Waals surface area (Å²) in [6, 6.07) is 3.43. The summed E-state index contributed by atoms with van der Waals surface area (Å²) >= 11 is 0. The first kappa shape index (κ1) is 13.2. The molecule has 94 valence electrons. The normalized spacial score (nSPS) is 9.94. The van der Waals surface area contributed by atoms with E-state index < -0.39 is 11.8 Å². The van der Waals surface area contributed by atoms with E-state index in [-0.39, 0.29) is 6.54 Å². The summed E-state index contributed by atoms with van der Waals surface area (Å²) in [6.45, 7) is 1.17. The van der Waals surface area contributed by atoms with Crippen molar-refractivity contribution in [3.05, 3.63) is 24.2 Å². The van der Waals surface area contributed by atoms with Crippen LogP contribution in [0, 0.1) is 0 Å². The Hall–Kier alpha value is -1.82. The molecule has 0 aromatic carbocycles. The Balaban J connectivity index is 2.16. The number of rotatable bonds is 6. The molecule has 6 nitrogen and oxygen atoms in total. The standard InChI is InChI=1S/C11H16N2O4/c1-16-6-3-5-12-10(14)11(15)13-8-9-4-2-7-17-9/h2,4,7H,3,5-6,8H2,1H3,(H,12,14)(H,13,15). The lowest BCUT2D eigenvalue weighted by Crippen LogP contribution is -2.40. The number of carbonyl (C=O) groups is 2. The van der Waals surface area contributed by atoms with Crippen molar-refractivity contribution in [2.45, 2.75) is 13.0 Å². The maximum atomic E-state index is 11.3. The Bertz CT molecular complexity index is 348. The van der Waals surface area contributed by atoms with Gasteiger partial charge in [0.1, 0.15) is 5.76 Å². The van der Waals surface area contributed by atoms with Gasteiger partial charge in [-0.05, 0) is 18.6 Å². The van der Waals surface area contributed by atoms with Gasteiger partial charge in [-0.2, -0.15) is 0 Å². The number of furan rings is 1. The van der Waals surface area contributed by atoms with Gasteiger partial charge in [-0.1, -0.05) is 0 Å². The minimum absolute atomic E-state index is 0.206. The van der Waals surface area contributed by atoms with Gasteiger partial charge in [-0.3, -0.25) is 9.59 Å². The van der Waals surface area contributed by atoms with Crippen LogP contribution in [-0.2, 0) is 20.9 Å². The predicted molar refractivity (Wildman–Crippen MR) is 60.1 cm³/mol. The number of ether oxygens (including phenoxy) is 1. The van der Waals surface area contributed by atoms with E-state index in [0.29, 0.717) is 25.3 Å². The van der Waals surface area contributed by atoms with Crippen LogP contribution in [0.15, 0.2) is 22.8 Å². The van der Waals surface area contributed by atoms with E-state index in [0.717, 1.165) is 0 Å². The zero-order valence-electron chi connectivity index (χ0n) is 9.69. The van der Waals surface area contributed by atoms with Gasteiger partial charge in [0.2, 0.25) is 0 Å². The number of hydrogen-bond acceptors (Lipinski definition) is 4. The molecule has 1 heterocycles. The van der Waals surface area contributed by atoms with Crippen molar-refractivity contribution < 1.29 is 18.7 Å². The van der Waals surface area contributed by atoms with Gasteiger partial charge in [-0.15, -0.1) is 0 Å². The van der Waals surface area contributed by atoms with E-state index in [1.165, 1.54) is 6.26 Å². The molecule has 17 heavy (non-hydrogen) atoms. The summed E-state index contributed by atoms with van der Waals surface area (Å²) in [7, 11) is 1.58. The summed E-state index contributed by atoms with van der Waals surface area (Å²) in [5.74, 6) is -0.711. The van der Waals surface area contributed by atoms with Crippen molar-refractivity contribution in [2.75, 3.05) is 20.3 Å². The Morgan fingerprint density at radius 3 is 2.76 bits per heavy atom. The lowest BCUT2D eigenvalue weighted by atomic mass is 10.4. The van der Waals surface area contributed by atoms with Crippen molar-refractivity contribution in [1.29, 1.82) is 0 Å². The van der Waals surface area contributed by atoms with Crippen molar-refractivity contribution in [3.8, 4) is 0 Å². The molecule has 0 saturated carbocycles. The predicted octanol–water partition coefficient (Wildman–Crippen LogP) is 0.0485. The van der Waals surface area contributed by atoms with Crippen molar-refractivity contribution >= 4 is 11.8 Å². The van der Waals surface area contributed by atoms with Crippen LogP contribution in [0.2, 0.25) is 0 Å². The maximum Gasteiger partial charge on any atom is 0.309 e. The number of carbonyl (C=O) groups excluding carboxylic acids is 2. The number of amides is 2. The molecule has 0 aliphatic heterocycles. The Morgan fingerprint density at radius 1 is 1.35 bits per heavy atom. The molecule has 0 spiro atoms. The third kappa shape index (κ3) is 5.17. The summed E-state index contributed by atoms with van der Waals surface area (Å²) in [5.41, 5.74) is 0. The molecule has 1 aromatic heterocycles. The molecule has 2 amide bonds. The molecular formula is C11H16N2O4. The molecule has 6 heteroatoms. The monoisotopic (exact) mass is 240 g/mol. The van der Waals surface area contributed by atoms with E-state index in [1.807, 2.05) is 0 Å². The third-order valence-electron chi connectivity index (χ3n) is 2.02. The molecule has 0 aliphatic rings. The summed E-state index contributed by atoms with van der Waals surface area (Å²) in [6.07, 6.45) is 2.18. The fourth-order valence-electron chi connectivity index (χ4n) is 1.16. The molecule has 0 bridgehead atoms. The number of nitrogens with one attached hydrogen (secondary N) is 2. The Labute approximate surface area is 99.3 Å². The molecule has 1 rings (SSSR count). The molecule has 0 atom stereocenters. The van der Waals surface area contributed by atoms with E-state index >= 15 is 0 Å². The highest BCUT2D eigenvalue weighted by atomic mass is 16.5. The van der Waals surface area contributed by atoms with E-state index in [4.69, 9.17) is 9.15 Å². The first-order valence-electron chi connectivity index (χ1n) is 5.31. The van der Waals surface area contributed by atoms with Gasteiger partial charge in [0.05, 0.1) is 12.8 Å². The van der Waals surface area contributed by atoms with Crippen LogP contribution >= 0.6 is 0 Å². The van der Waals surface area contributed by atoms with Crippen molar-refractivity contribution in [3.63, 3.8) is 0 Å². The lowest BCUT2D eigenvalue weighted by Gasteiger charge is -2.04. The minimum atomic E-state index is -0.668. The fraction of sp³-hybridized carbons (Fsp3) is 0.455. The Kier molecular flexibility index (Phi) is 5.81. The molecule has 0 unspecified atom stereocenters. The molecule has 1 aromatic rings. The Morgan fingerprint density at radius 2 is 2.12 bits per heavy atom. The fourth-order valence-corrected chi connectivity index (χ4v) is 1.16. The second-order valence-electron chi connectivity index (χ2n) is 3.36. The van der Waals surface area contributed by atoms with Crippen LogP contribution in [0.1, 0.15) is 12.2 Å². The van der Waals surface area contributed by atoms with Gasteiger partial charge in [0, 0.05) is 20.3 Å². The molecule has 0 saturated heterocycles. The van der Waals surface area contributed by atoms with Crippen molar-refractivity contribution in [1.82, 2.24) is 10.6 Å². The first-order chi connectivity index (χ1) is 8.24. The lowest BCUT2D eigenvalue weighted by molar-refractivity contribution is -0.139. The minimum Gasteiger partial charge on any atom is -0.467 e. The second-order valence-corrected chi connectivity index (χ2v) is 3.36. The van der Waals surface area contributed by atoms with Crippen LogP contribution in [0.25, 0.3) is 0 Å². The van der Waals surface area contributed by atoms with Gasteiger partial charge in [0.15, 0.2) is 0 Å². The van der Waals surface area contributed by atoms with Crippen LogP contribution in [0.5, 0.6) is 0 Å². The summed E-state index contributed by atoms with van der Waals surface area (Å²) in [4.78, 5) is 22.6. The zero-order chi connectivity index (χ0) is 12.5. The van der Waals surface area contributed by atoms with Gasteiger partial charge in [0.25, 0.3) is 0 Å². The highest BCUT2D eigenvalue weighted by Gasteiger charge is 2.12. The molecule has 0 radical (unpaired) electrons. The van der Waals surface area contributed by atoms with E-state index in [9.17, 15) is 9.59 Å². The number of hydrogen-bond donors (Lipinski definition) is 2. The smallest absolute Gasteiger partial charge is 0.309 e. The van der Waals surface area contributed by atoms with Crippen molar-refractivity contribution in [2.24, 2.45) is 0 Å². The van der Waals surface area contributed by atoms with Crippen LogP contribution in [-0.4, -0.2) is 32.1 Å². The van der Waals surface area contributed by atoms with Crippen LogP contribution < -0.4 is 10.6 Å². The molecule has 2 N–H and O–H groups in total. The number of methoxy groups -OCH3 is 1. The quantitative estimate of drug-likeness (QED) is 0.544. The largest absolute Gasteiger partial charge is 0.467 e. The molecule has 0 aliphatic carbocycles. The molecular weight excluding hydrogens is 224 g/mol. The second kappa shape index (κ2) is 7.45. The topological polar surface area (TPSA) is 80.6 Å². The maximum absolute atomic E-state index is 11.3. The average molecular weight is 240 g/mol. The van der Waals surface area contributed by atoms with E-state index in [1.54, 1.807) is 19.2 Å². The van der Waals surface area contributed by atoms with E-state index in [2.05, 4.69) is 10.6 Å².